The van der Waals surface area contributed by atoms with Gasteiger partial charge in [0.05, 0.1) is 22.7 Å². The number of amides is 1. The standard InChI is InChI=1S/C16H7ClF6N4O/c17-9-4-6(3-7-5-10(28)24-12(7)9)11-8(15(18,19)20)1-2-27-13(11)25-14(26-27)16(21,22)23/h1-4H,5H2,(H,24,28). The van der Waals surface area contributed by atoms with Crippen molar-refractivity contribution < 1.29 is 31.1 Å². The second-order valence-corrected chi connectivity index (χ2v) is 6.43. The molecule has 0 radical (unpaired) electrons. The predicted molar refractivity (Wildman–Crippen MR) is 85.8 cm³/mol. The second-order valence-electron chi connectivity index (χ2n) is 6.02. The van der Waals surface area contributed by atoms with Crippen molar-refractivity contribution in [1.82, 2.24) is 14.6 Å². The third-order valence-electron chi connectivity index (χ3n) is 4.14. The molecule has 0 unspecified atom stereocenters. The molecule has 4 rings (SSSR count). The van der Waals surface area contributed by atoms with Crippen LogP contribution in [-0.4, -0.2) is 20.5 Å². The van der Waals surface area contributed by atoms with E-state index >= 15 is 0 Å². The molecule has 1 aliphatic rings. The van der Waals surface area contributed by atoms with Gasteiger partial charge in [0.1, 0.15) is 0 Å². The minimum Gasteiger partial charge on any atom is -0.324 e. The van der Waals surface area contributed by atoms with Crippen molar-refractivity contribution in [2.24, 2.45) is 0 Å². The number of carbonyl (C=O) groups is 1. The third kappa shape index (κ3) is 2.95. The maximum absolute atomic E-state index is 13.6. The topological polar surface area (TPSA) is 59.3 Å². The number of alkyl halides is 6. The first-order chi connectivity index (χ1) is 12.9. The monoisotopic (exact) mass is 420 g/mol. The molecule has 0 atom stereocenters. The average molecular weight is 421 g/mol. The first-order valence-electron chi connectivity index (χ1n) is 7.61. The quantitative estimate of drug-likeness (QED) is 0.586. The molecule has 3 heterocycles. The molecule has 5 nitrogen and oxygen atoms in total. The summed E-state index contributed by atoms with van der Waals surface area (Å²) in [5, 5.41) is 5.65. The summed E-state index contributed by atoms with van der Waals surface area (Å²) >= 11 is 6.07. The third-order valence-corrected chi connectivity index (χ3v) is 4.44. The van der Waals surface area contributed by atoms with E-state index in [1.54, 1.807) is 0 Å². The molecule has 0 spiro atoms. The van der Waals surface area contributed by atoms with E-state index in [1.165, 1.54) is 6.07 Å². The van der Waals surface area contributed by atoms with Crippen LogP contribution in [0.5, 0.6) is 0 Å². The molecule has 1 N–H and O–H groups in total. The van der Waals surface area contributed by atoms with Gasteiger partial charge in [0.15, 0.2) is 5.65 Å². The van der Waals surface area contributed by atoms with Crippen molar-refractivity contribution in [3.05, 3.63) is 46.4 Å². The number of benzene rings is 1. The highest BCUT2D eigenvalue weighted by Gasteiger charge is 2.39. The highest BCUT2D eigenvalue weighted by atomic mass is 35.5. The Morgan fingerprint density at radius 2 is 1.82 bits per heavy atom. The van der Waals surface area contributed by atoms with E-state index in [2.05, 4.69) is 15.4 Å². The lowest BCUT2D eigenvalue weighted by molar-refractivity contribution is -0.144. The van der Waals surface area contributed by atoms with E-state index in [4.69, 9.17) is 11.6 Å². The summed E-state index contributed by atoms with van der Waals surface area (Å²) in [5.74, 6) is -1.97. The summed E-state index contributed by atoms with van der Waals surface area (Å²) in [5.41, 5.74) is -1.97. The van der Waals surface area contributed by atoms with Gasteiger partial charge in [-0.1, -0.05) is 11.6 Å². The molecule has 1 aliphatic heterocycles. The normalized spacial score (nSPS) is 14.5. The van der Waals surface area contributed by atoms with Crippen molar-refractivity contribution >= 4 is 28.8 Å². The first-order valence-corrected chi connectivity index (χ1v) is 7.99. The van der Waals surface area contributed by atoms with Crippen molar-refractivity contribution in [2.45, 2.75) is 18.8 Å². The number of fused-ring (bicyclic) bond motifs is 2. The molecule has 3 aromatic rings. The van der Waals surface area contributed by atoms with Crippen molar-refractivity contribution in [1.29, 1.82) is 0 Å². The predicted octanol–water partition coefficient (Wildman–Crippen LogP) is 4.58. The lowest BCUT2D eigenvalue weighted by atomic mass is 9.98. The number of carbonyl (C=O) groups excluding carboxylic acids is 1. The average Bonchev–Trinajstić information content (AvgIpc) is 3.15. The number of anilines is 1. The van der Waals surface area contributed by atoms with Crippen LogP contribution in [0, 0.1) is 0 Å². The van der Waals surface area contributed by atoms with Gasteiger partial charge in [-0.05, 0) is 29.3 Å². The Labute approximate surface area is 156 Å². The van der Waals surface area contributed by atoms with Gasteiger partial charge in [0.2, 0.25) is 5.91 Å². The Morgan fingerprint density at radius 3 is 2.46 bits per heavy atom. The zero-order valence-corrected chi connectivity index (χ0v) is 14.2. The molecule has 146 valence electrons. The molecule has 28 heavy (non-hydrogen) atoms. The summed E-state index contributed by atoms with van der Waals surface area (Å²) < 4.78 is 80.2. The minimum absolute atomic E-state index is 0.0379. The fraction of sp³-hybridized carbons (Fsp3) is 0.188. The summed E-state index contributed by atoms with van der Waals surface area (Å²) in [6.07, 6.45) is -9.17. The van der Waals surface area contributed by atoms with Gasteiger partial charge in [-0.25, -0.2) is 9.50 Å². The highest BCUT2D eigenvalue weighted by Crippen LogP contribution is 2.43. The SMILES string of the molecule is O=C1Cc2cc(-c3c(C(F)(F)F)ccn4nc(C(F)(F)F)nc34)cc(Cl)c2N1. The molecular weight excluding hydrogens is 414 g/mol. The fourth-order valence-corrected chi connectivity index (χ4v) is 3.32. The summed E-state index contributed by atoms with van der Waals surface area (Å²) in [6, 6.07) is 3.02. The molecule has 1 amide bonds. The van der Waals surface area contributed by atoms with Gasteiger partial charge in [0, 0.05) is 11.8 Å². The largest absolute Gasteiger partial charge is 0.453 e. The van der Waals surface area contributed by atoms with E-state index < -0.39 is 40.9 Å². The molecule has 2 aromatic heterocycles. The molecule has 0 aliphatic carbocycles. The summed E-state index contributed by atoms with van der Waals surface area (Å²) in [6.45, 7) is 0. The summed E-state index contributed by atoms with van der Waals surface area (Å²) in [4.78, 5) is 14.8. The Bertz CT molecular complexity index is 1130. The van der Waals surface area contributed by atoms with Crippen LogP contribution >= 0.6 is 11.6 Å². The summed E-state index contributed by atoms with van der Waals surface area (Å²) in [7, 11) is 0. The molecule has 0 bridgehead atoms. The lowest BCUT2D eigenvalue weighted by Gasteiger charge is -2.15. The van der Waals surface area contributed by atoms with E-state index in [0.29, 0.717) is 16.1 Å². The number of aromatic nitrogens is 3. The molecule has 1 aromatic carbocycles. The van der Waals surface area contributed by atoms with Crippen LogP contribution in [0.15, 0.2) is 24.4 Å². The number of hydrogen-bond donors (Lipinski definition) is 1. The Morgan fingerprint density at radius 1 is 1.11 bits per heavy atom. The lowest BCUT2D eigenvalue weighted by Crippen LogP contribution is -2.09. The minimum atomic E-state index is -4.94. The molecular formula is C16H7ClF6N4O. The Hall–Kier alpha value is -2.82. The van der Waals surface area contributed by atoms with Crippen LogP contribution in [-0.2, 0) is 23.6 Å². The van der Waals surface area contributed by atoms with Crippen molar-refractivity contribution in [3.63, 3.8) is 0 Å². The number of hydrogen-bond acceptors (Lipinski definition) is 3. The van der Waals surface area contributed by atoms with Gasteiger partial charge in [-0.15, -0.1) is 5.10 Å². The number of halogens is 7. The fourth-order valence-electron chi connectivity index (χ4n) is 3.03. The van der Waals surface area contributed by atoms with Crippen molar-refractivity contribution in [3.8, 4) is 11.1 Å². The molecule has 0 saturated carbocycles. The van der Waals surface area contributed by atoms with E-state index in [1.807, 2.05) is 0 Å². The zero-order chi connectivity index (χ0) is 20.4. The van der Waals surface area contributed by atoms with Gasteiger partial charge >= 0.3 is 12.4 Å². The Kier molecular flexibility index (Phi) is 3.86. The molecule has 12 heteroatoms. The van der Waals surface area contributed by atoms with E-state index in [0.717, 1.165) is 12.3 Å². The van der Waals surface area contributed by atoms with Crippen LogP contribution in [0.2, 0.25) is 5.02 Å². The van der Waals surface area contributed by atoms with E-state index in [-0.39, 0.29) is 22.7 Å². The van der Waals surface area contributed by atoms with Crippen LogP contribution in [0.3, 0.4) is 0 Å². The molecule has 0 saturated heterocycles. The maximum Gasteiger partial charge on any atom is 0.453 e. The smallest absolute Gasteiger partial charge is 0.324 e. The van der Waals surface area contributed by atoms with E-state index in [9.17, 15) is 31.1 Å². The van der Waals surface area contributed by atoms with Gasteiger partial charge in [0.25, 0.3) is 5.82 Å². The second kappa shape index (κ2) is 5.84. The number of nitrogens with one attached hydrogen (secondary N) is 1. The first kappa shape index (κ1) is 18.5. The van der Waals surface area contributed by atoms with Crippen LogP contribution in [0.4, 0.5) is 32.0 Å². The van der Waals surface area contributed by atoms with Gasteiger partial charge < -0.3 is 5.32 Å². The van der Waals surface area contributed by atoms with Crippen LogP contribution in [0.25, 0.3) is 16.8 Å². The van der Waals surface area contributed by atoms with Gasteiger partial charge in [-0.3, -0.25) is 4.79 Å². The van der Waals surface area contributed by atoms with Crippen LogP contribution in [0.1, 0.15) is 17.0 Å². The van der Waals surface area contributed by atoms with Crippen LogP contribution < -0.4 is 5.32 Å². The highest BCUT2D eigenvalue weighted by molar-refractivity contribution is 6.34. The van der Waals surface area contributed by atoms with Gasteiger partial charge in [-0.2, -0.15) is 26.3 Å². The zero-order valence-electron chi connectivity index (χ0n) is 13.4. The maximum atomic E-state index is 13.6. The number of rotatable bonds is 1. The Balaban J connectivity index is 2.04. The molecule has 0 fully saturated rings. The number of nitrogens with zero attached hydrogens (tertiary/aromatic N) is 3. The number of pyridine rings is 1. The van der Waals surface area contributed by atoms with Crippen molar-refractivity contribution in [2.75, 3.05) is 5.32 Å².